The Morgan fingerprint density at radius 3 is 2.92 bits per heavy atom. The van der Waals surface area contributed by atoms with Gasteiger partial charge < -0.3 is 9.42 Å². The Morgan fingerprint density at radius 2 is 2.12 bits per heavy atom. The summed E-state index contributed by atoms with van der Waals surface area (Å²) >= 11 is 0. The molecule has 3 heterocycles. The maximum absolute atomic E-state index is 12.8. The van der Waals surface area contributed by atoms with Gasteiger partial charge in [0.2, 0.25) is 5.91 Å². The molecule has 1 aromatic carbocycles. The van der Waals surface area contributed by atoms with E-state index in [1.54, 1.807) is 0 Å². The van der Waals surface area contributed by atoms with Crippen molar-refractivity contribution in [2.75, 3.05) is 19.6 Å². The van der Waals surface area contributed by atoms with Gasteiger partial charge in [0.15, 0.2) is 5.76 Å². The third-order valence-electron chi connectivity index (χ3n) is 5.16. The van der Waals surface area contributed by atoms with Gasteiger partial charge in [-0.1, -0.05) is 29.4 Å². The summed E-state index contributed by atoms with van der Waals surface area (Å²) in [6.45, 7) is 4.89. The number of rotatable bonds is 3. The maximum Gasteiger partial charge on any atom is 0.237 e. The van der Waals surface area contributed by atoms with Gasteiger partial charge in [-0.3, -0.25) is 9.69 Å². The molecule has 0 aliphatic carbocycles. The van der Waals surface area contributed by atoms with Gasteiger partial charge in [0, 0.05) is 19.2 Å². The molecule has 2 aromatic rings. The van der Waals surface area contributed by atoms with Crippen LogP contribution in [-0.4, -0.2) is 40.5 Å². The van der Waals surface area contributed by atoms with Crippen LogP contribution < -0.4 is 0 Å². The first-order valence-corrected chi connectivity index (χ1v) is 8.72. The van der Waals surface area contributed by atoms with Gasteiger partial charge in [-0.25, -0.2) is 0 Å². The number of nitrogens with zero attached hydrogens (tertiary/aromatic N) is 3. The molecule has 5 heteroatoms. The van der Waals surface area contributed by atoms with Crippen LogP contribution in [0, 0.1) is 6.92 Å². The molecule has 4 rings (SSSR count). The quantitative estimate of drug-likeness (QED) is 0.870. The molecule has 0 radical (unpaired) electrons. The topological polar surface area (TPSA) is 49.6 Å². The summed E-state index contributed by atoms with van der Waals surface area (Å²) in [6.07, 6.45) is 3.08. The van der Waals surface area contributed by atoms with Crippen molar-refractivity contribution in [3.8, 4) is 0 Å². The molecule has 5 nitrogen and oxygen atoms in total. The van der Waals surface area contributed by atoms with Crippen molar-refractivity contribution in [3.05, 3.63) is 52.9 Å². The summed E-state index contributed by atoms with van der Waals surface area (Å²) in [5.41, 5.74) is 3.55. The molecule has 24 heavy (non-hydrogen) atoms. The van der Waals surface area contributed by atoms with Crippen molar-refractivity contribution in [1.82, 2.24) is 15.0 Å². The van der Waals surface area contributed by atoms with Crippen LogP contribution in [0.4, 0.5) is 0 Å². The summed E-state index contributed by atoms with van der Waals surface area (Å²) in [5, 5.41) is 3.99. The van der Waals surface area contributed by atoms with Gasteiger partial charge in [0.05, 0.1) is 18.3 Å². The second kappa shape index (κ2) is 6.40. The van der Waals surface area contributed by atoms with Gasteiger partial charge in [-0.05, 0) is 43.9 Å². The minimum Gasteiger partial charge on any atom is -0.359 e. The molecule has 2 aliphatic rings. The molecule has 0 saturated carbocycles. The fraction of sp³-hybridized carbons (Fsp3) is 0.474. The van der Waals surface area contributed by atoms with Crippen molar-refractivity contribution in [2.45, 2.75) is 38.8 Å². The maximum atomic E-state index is 12.8. The van der Waals surface area contributed by atoms with Gasteiger partial charge >= 0.3 is 0 Å². The van der Waals surface area contributed by atoms with Gasteiger partial charge in [-0.15, -0.1) is 0 Å². The summed E-state index contributed by atoms with van der Waals surface area (Å²) in [5.74, 6) is 1.11. The molecule has 0 N–H and O–H groups in total. The van der Waals surface area contributed by atoms with Crippen molar-refractivity contribution >= 4 is 5.91 Å². The summed E-state index contributed by atoms with van der Waals surface area (Å²) < 4.78 is 5.44. The van der Waals surface area contributed by atoms with Crippen LogP contribution in [-0.2, 0) is 17.8 Å². The highest BCUT2D eigenvalue weighted by atomic mass is 16.5. The molecule has 1 atom stereocenters. The van der Waals surface area contributed by atoms with Crippen molar-refractivity contribution < 1.29 is 9.32 Å². The van der Waals surface area contributed by atoms with E-state index >= 15 is 0 Å². The van der Waals surface area contributed by atoms with E-state index in [2.05, 4.69) is 34.3 Å². The van der Waals surface area contributed by atoms with Crippen LogP contribution in [0.25, 0.3) is 0 Å². The minimum absolute atomic E-state index is 0.187. The van der Waals surface area contributed by atoms with Crippen molar-refractivity contribution in [2.24, 2.45) is 0 Å². The summed E-state index contributed by atoms with van der Waals surface area (Å²) in [7, 11) is 0. The second-order valence-corrected chi connectivity index (χ2v) is 6.83. The molecule has 1 unspecified atom stereocenters. The van der Waals surface area contributed by atoms with Crippen molar-refractivity contribution in [3.63, 3.8) is 0 Å². The van der Waals surface area contributed by atoms with Crippen LogP contribution in [0.5, 0.6) is 0 Å². The molecule has 2 aliphatic heterocycles. The monoisotopic (exact) mass is 325 g/mol. The number of carbonyl (C=O) groups is 1. The molecule has 1 saturated heterocycles. The molecule has 1 aromatic heterocycles. The van der Waals surface area contributed by atoms with Crippen LogP contribution in [0.2, 0.25) is 0 Å². The number of aryl methyl sites for hydroxylation is 1. The Morgan fingerprint density at radius 1 is 1.29 bits per heavy atom. The zero-order chi connectivity index (χ0) is 16.5. The number of amides is 1. The van der Waals surface area contributed by atoms with E-state index in [0.717, 1.165) is 50.4 Å². The second-order valence-electron chi connectivity index (χ2n) is 6.83. The number of benzene rings is 1. The van der Waals surface area contributed by atoms with Gasteiger partial charge in [-0.2, -0.15) is 0 Å². The van der Waals surface area contributed by atoms with Gasteiger partial charge in [0.1, 0.15) is 0 Å². The molecule has 126 valence electrons. The molecular formula is C19H23N3O2. The Bertz CT molecular complexity index is 740. The Balaban J connectivity index is 1.42. The van der Waals surface area contributed by atoms with Gasteiger partial charge in [0.25, 0.3) is 0 Å². The average molecular weight is 325 g/mol. The number of aromatic nitrogens is 1. The normalized spacial score (nSPS) is 21.0. The number of likely N-dealkylation sites (tertiary alicyclic amines) is 1. The van der Waals surface area contributed by atoms with E-state index in [-0.39, 0.29) is 11.9 Å². The summed E-state index contributed by atoms with van der Waals surface area (Å²) in [6, 6.07) is 10.6. The lowest BCUT2D eigenvalue weighted by atomic mass is 10.00. The highest BCUT2D eigenvalue weighted by molar-refractivity contribution is 5.78. The highest BCUT2D eigenvalue weighted by Gasteiger charge is 2.32. The average Bonchev–Trinajstić information content (AvgIpc) is 3.23. The number of hydrogen-bond donors (Lipinski definition) is 0. The number of fused-ring (bicyclic) bond motifs is 1. The lowest BCUT2D eigenvalue weighted by Gasteiger charge is -2.31. The first kappa shape index (κ1) is 15.4. The smallest absolute Gasteiger partial charge is 0.237 e. The molecule has 1 amide bonds. The van der Waals surface area contributed by atoms with E-state index in [1.165, 1.54) is 11.1 Å². The first-order valence-electron chi connectivity index (χ1n) is 8.72. The van der Waals surface area contributed by atoms with E-state index in [0.29, 0.717) is 6.54 Å². The predicted octanol–water partition coefficient (Wildman–Crippen LogP) is 2.70. The van der Waals surface area contributed by atoms with Crippen LogP contribution in [0.3, 0.4) is 0 Å². The fourth-order valence-electron chi connectivity index (χ4n) is 3.86. The first-order chi connectivity index (χ1) is 11.7. The van der Waals surface area contributed by atoms with E-state index in [1.807, 2.05) is 17.9 Å². The fourth-order valence-corrected chi connectivity index (χ4v) is 3.86. The third kappa shape index (κ3) is 2.96. The van der Waals surface area contributed by atoms with E-state index in [9.17, 15) is 4.79 Å². The lowest BCUT2D eigenvalue weighted by Crippen LogP contribution is -2.42. The Kier molecular flexibility index (Phi) is 4.10. The number of carbonyl (C=O) groups excluding carboxylic acids is 1. The zero-order valence-electron chi connectivity index (χ0n) is 14.1. The van der Waals surface area contributed by atoms with Crippen molar-refractivity contribution in [1.29, 1.82) is 0 Å². The molecule has 0 bridgehead atoms. The summed E-state index contributed by atoms with van der Waals surface area (Å²) in [4.78, 5) is 17.0. The molecule has 1 fully saturated rings. The van der Waals surface area contributed by atoms with Crippen LogP contribution in [0.1, 0.15) is 41.5 Å². The molecular weight excluding hydrogens is 302 g/mol. The standard InChI is InChI=1S/C19H23N3O2/c1-14-11-18(24-20-14)17-7-4-9-21(17)13-19(23)22-10-8-15-5-2-3-6-16(15)12-22/h2-3,5-6,11,17H,4,7-10,12-13H2,1H3. The molecule has 0 spiro atoms. The number of hydrogen-bond acceptors (Lipinski definition) is 4. The third-order valence-corrected chi connectivity index (χ3v) is 5.16. The van der Waals surface area contributed by atoms with Crippen LogP contribution >= 0.6 is 0 Å². The van der Waals surface area contributed by atoms with Crippen LogP contribution in [0.15, 0.2) is 34.9 Å². The lowest BCUT2D eigenvalue weighted by molar-refractivity contribution is -0.133. The van der Waals surface area contributed by atoms with E-state index in [4.69, 9.17) is 4.52 Å². The Hall–Kier alpha value is -2.14. The SMILES string of the molecule is Cc1cc(C2CCCN2CC(=O)N2CCc3ccccc3C2)on1. The highest BCUT2D eigenvalue weighted by Crippen LogP contribution is 2.32. The zero-order valence-corrected chi connectivity index (χ0v) is 14.1. The van der Waals surface area contributed by atoms with E-state index < -0.39 is 0 Å². The largest absolute Gasteiger partial charge is 0.359 e. The predicted molar refractivity (Wildman–Crippen MR) is 90.4 cm³/mol. The minimum atomic E-state index is 0.187. The Labute approximate surface area is 142 Å².